The van der Waals surface area contributed by atoms with Gasteiger partial charge in [0.2, 0.25) is 11.9 Å². The number of nitrogens with zero attached hydrogens (tertiary/aromatic N) is 2. The van der Waals surface area contributed by atoms with Gasteiger partial charge >= 0.3 is 12.2 Å². The second kappa shape index (κ2) is 19.0. The molecule has 5 rings (SSSR count). The van der Waals surface area contributed by atoms with E-state index in [4.69, 9.17) is 30.8 Å². The van der Waals surface area contributed by atoms with Crippen molar-refractivity contribution in [3.63, 3.8) is 0 Å². The van der Waals surface area contributed by atoms with Gasteiger partial charge in [0.15, 0.2) is 0 Å². The summed E-state index contributed by atoms with van der Waals surface area (Å²) < 4.78 is 22.9. The Morgan fingerprint density at radius 3 is 2.33 bits per heavy atom. The lowest BCUT2D eigenvalue weighted by atomic mass is 9.94. The van der Waals surface area contributed by atoms with E-state index in [0.29, 0.717) is 76.1 Å². The summed E-state index contributed by atoms with van der Waals surface area (Å²) in [6.07, 6.45) is 6.87. The van der Waals surface area contributed by atoms with Crippen molar-refractivity contribution in [3.8, 4) is 22.8 Å². The first-order valence-electron chi connectivity index (χ1n) is 19.9. The van der Waals surface area contributed by atoms with Gasteiger partial charge in [-0.25, -0.2) is 9.59 Å². The average Bonchev–Trinajstić information content (AvgIpc) is 3.90. The van der Waals surface area contributed by atoms with E-state index >= 15 is 0 Å². The summed E-state index contributed by atoms with van der Waals surface area (Å²) in [7, 11) is 1.52. The number of carbonyl (C=O) groups excluding carboxylic acids is 4. The summed E-state index contributed by atoms with van der Waals surface area (Å²) in [6, 6.07) is 6.92. The highest BCUT2D eigenvalue weighted by atomic mass is 32.2. The van der Waals surface area contributed by atoms with Gasteiger partial charge in [0.25, 0.3) is 5.91 Å². The van der Waals surface area contributed by atoms with Gasteiger partial charge in [-0.3, -0.25) is 30.1 Å². The van der Waals surface area contributed by atoms with Gasteiger partial charge in [0.05, 0.1) is 12.0 Å². The molecule has 0 spiro atoms. The minimum atomic E-state index is -0.780. The number of phenolic OH excluding ortho intramolecular Hbond substituents is 1. The fraction of sp³-hybridized carbons (Fsp3) is 0.571. The van der Waals surface area contributed by atoms with Crippen molar-refractivity contribution in [2.75, 3.05) is 20.2 Å². The van der Waals surface area contributed by atoms with Gasteiger partial charge in [0, 0.05) is 42.8 Å². The maximum Gasteiger partial charge on any atom is 0.414 e. The van der Waals surface area contributed by atoms with E-state index in [1.54, 1.807) is 59.8 Å². The molecule has 58 heavy (non-hydrogen) atoms. The molecule has 3 aliphatic rings. The molecule has 316 valence electrons. The Bertz CT molecular complexity index is 1900. The molecule has 4 amide bonds. The monoisotopic (exact) mass is 839 g/mol. The van der Waals surface area contributed by atoms with Gasteiger partial charge in [0.1, 0.15) is 38.5 Å². The molecule has 1 aliphatic heterocycles. The third kappa shape index (κ3) is 12.5. The van der Waals surface area contributed by atoms with Crippen LogP contribution in [0, 0.1) is 17.8 Å². The summed E-state index contributed by atoms with van der Waals surface area (Å²) >= 11 is 7.03. The molecule has 4 N–H and O–H groups in total. The normalized spacial score (nSPS) is 20.2. The summed E-state index contributed by atoms with van der Waals surface area (Å²) in [6.45, 7) is 12.8. The number of phenols is 1. The number of hydrogen-bond acceptors (Lipinski definition) is 12. The Morgan fingerprint density at radius 2 is 1.72 bits per heavy atom. The lowest BCUT2D eigenvalue weighted by molar-refractivity contribution is -0.125. The summed E-state index contributed by atoms with van der Waals surface area (Å²) in [5.41, 5.74) is -0.0502. The second-order valence-electron chi connectivity index (χ2n) is 17.1. The Kier molecular flexibility index (Phi) is 14.6. The zero-order valence-corrected chi connectivity index (χ0v) is 36.3. The van der Waals surface area contributed by atoms with E-state index in [2.05, 4.69) is 20.9 Å². The van der Waals surface area contributed by atoms with Crippen LogP contribution in [0.5, 0.6) is 11.5 Å². The number of benzene rings is 1. The largest absolute Gasteiger partial charge is 0.508 e. The first-order chi connectivity index (χ1) is 27.3. The summed E-state index contributed by atoms with van der Waals surface area (Å²) in [5.74, 6) is 2.05. The highest BCUT2D eigenvalue weighted by Gasteiger charge is 2.48. The molecule has 1 saturated heterocycles. The number of hydrogen-bond donors (Lipinski definition) is 4. The number of methoxy groups -OCH3 is 1. The number of thioether (sulfide) groups is 1. The molecule has 14 nitrogen and oxygen atoms in total. The van der Waals surface area contributed by atoms with E-state index < -0.39 is 23.4 Å². The van der Waals surface area contributed by atoms with Gasteiger partial charge in [-0.1, -0.05) is 37.3 Å². The van der Waals surface area contributed by atoms with Gasteiger partial charge in [-0.2, -0.15) is 0 Å². The number of amides is 4. The maximum atomic E-state index is 13.8. The van der Waals surface area contributed by atoms with Gasteiger partial charge < -0.3 is 29.1 Å². The average molecular weight is 840 g/mol. The van der Waals surface area contributed by atoms with Crippen LogP contribution in [0.1, 0.15) is 105 Å². The van der Waals surface area contributed by atoms with Crippen LogP contribution in [-0.2, 0) is 25.5 Å². The number of fused-ring (bicyclic) bond motifs is 2. The predicted molar refractivity (Wildman–Crippen MR) is 227 cm³/mol. The number of furan rings is 1. The van der Waals surface area contributed by atoms with Gasteiger partial charge in [-0.05, 0) is 122 Å². The summed E-state index contributed by atoms with van der Waals surface area (Å²) in [5, 5.41) is 18.3. The lowest BCUT2D eigenvalue weighted by Gasteiger charge is -2.30. The number of nitrogens with one attached hydrogen (secondary N) is 3. The molecule has 2 heterocycles. The minimum absolute atomic E-state index is 0.0274. The molecule has 4 atom stereocenters. The second-order valence-corrected chi connectivity index (χ2v) is 18.8. The van der Waals surface area contributed by atoms with E-state index in [9.17, 15) is 24.3 Å². The summed E-state index contributed by atoms with van der Waals surface area (Å²) in [4.78, 5) is 58.2. The molecule has 2 aromatic rings. The number of rotatable bonds is 13. The molecule has 2 saturated carbocycles. The van der Waals surface area contributed by atoms with Gasteiger partial charge in [-0.15, -0.1) is 0 Å². The quantitative estimate of drug-likeness (QED) is 0.0506. The Balaban J connectivity index is 1.18. The zero-order chi connectivity index (χ0) is 42.4. The predicted octanol–water partition coefficient (Wildman–Crippen LogP) is 7.92. The molecule has 1 aromatic heterocycles. The Morgan fingerprint density at radius 1 is 1.03 bits per heavy atom. The third-order valence-corrected chi connectivity index (χ3v) is 11.4. The first kappa shape index (κ1) is 44.5. The number of carbonyl (C=O) groups is 4. The minimum Gasteiger partial charge on any atom is -0.508 e. The van der Waals surface area contributed by atoms with Crippen LogP contribution in [0.2, 0.25) is 0 Å². The Labute approximate surface area is 350 Å². The fourth-order valence-electron chi connectivity index (χ4n) is 7.45. The molecule has 0 radical (unpaired) electrons. The van der Waals surface area contributed by atoms with Crippen molar-refractivity contribution in [3.05, 3.63) is 40.5 Å². The Hall–Kier alpha value is -4.57. The maximum absolute atomic E-state index is 13.8. The van der Waals surface area contributed by atoms with Crippen LogP contribution in [-0.4, -0.2) is 81.7 Å². The van der Waals surface area contributed by atoms with Crippen LogP contribution in [0.4, 0.5) is 9.59 Å². The molecule has 16 heteroatoms. The van der Waals surface area contributed by atoms with E-state index in [1.165, 1.54) is 31.4 Å². The molecular formula is C42H57N5O9S2. The lowest BCUT2D eigenvalue weighted by Crippen LogP contribution is -2.47. The number of aliphatic imine (C=N–C) groups is 1. The van der Waals surface area contributed by atoms with Crippen LogP contribution in [0.3, 0.4) is 0 Å². The highest BCUT2D eigenvalue weighted by Crippen LogP contribution is 2.49. The SMILES string of the molecule is COc1cc(O)cc(-c2cc(CCCNC(=O)[C@@H](C)CCCN=C(NC(=O)OC(C)(C)C)NC(=O)OC(C)(C)C)c(/C=C3\SC(=S)N(C4CC5CCC4C5)C3=O)o2)c1. The van der Waals surface area contributed by atoms with Crippen LogP contribution < -0.4 is 20.7 Å². The topological polar surface area (TPSA) is 181 Å². The smallest absolute Gasteiger partial charge is 0.414 e. The van der Waals surface area contributed by atoms with E-state index in [-0.39, 0.29) is 42.0 Å². The number of aryl methyl sites for hydroxylation is 1. The van der Waals surface area contributed by atoms with Crippen molar-refractivity contribution >= 4 is 64.3 Å². The molecule has 3 fully saturated rings. The molecule has 1 aromatic carbocycles. The van der Waals surface area contributed by atoms with Crippen molar-refractivity contribution in [2.24, 2.45) is 22.7 Å². The highest BCUT2D eigenvalue weighted by molar-refractivity contribution is 8.26. The van der Waals surface area contributed by atoms with Crippen molar-refractivity contribution < 1.29 is 42.9 Å². The molecule has 3 unspecified atom stereocenters. The number of thiocarbonyl (C=S) groups is 1. The van der Waals surface area contributed by atoms with Crippen LogP contribution in [0.15, 0.2) is 38.6 Å². The van der Waals surface area contributed by atoms with E-state index in [0.717, 1.165) is 24.8 Å². The number of alkyl carbamates (subject to hydrolysis) is 2. The van der Waals surface area contributed by atoms with Crippen molar-refractivity contribution in [1.29, 1.82) is 0 Å². The standard InChI is InChI=1S/C42H57N5O9S2/c1-24(11-9-16-44-37(45-38(51)55-41(2,3)4)46-39(52)56-42(5,6)7)35(49)43-15-10-12-27-21-32(28-19-29(48)22-30(20-28)53-8)54-33(27)23-34-36(50)47(40(57)58-34)31-18-25-13-14-26(31)17-25/h19-26,31,48H,9-18H2,1-8H3,(H,43,49)(H2,44,45,46,51,52)/b34-23-/t24-,25?,26?,31?/m0/s1. The van der Waals surface area contributed by atoms with Crippen molar-refractivity contribution in [2.45, 2.75) is 117 Å². The number of guanidine groups is 1. The third-order valence-electron chi connectivity index (χ3n) is 10.0. The fourth-order valence-corrected chi connectivity index (χ4v) is 8.80. The number of ether oxygens (including phenoxy) is 3. The van der Waals surface area contributed by atoms with E-state index in [1.807, 2.05) is 17.9 Å². The van der Waals surface area contributed by atoms with Crippen molar-refractivity contribution in [1.82, 2.24) is 20.9 Å². The zero-order valence-electron chi connectivity index (χ0n) is 34.7. The first-order valence-corrected chi connectivity index (χ1v) is 21.1. The number of aromatic hydroxyl groups is 1. The molecule has 2 aliphatic carbocycles. The molecular weight excluding hydrogens is 783 g/mol. The van der Waals surface area contributed by atoms with Crippen LogP contribution >= 0.6 is 24.0 Å². The molecule has 2 bridgehead atoms. The van der Waals surface area contributed by atoms with Crippen LogP contribution in [0.25, 0.3) is 17.4 Å².